The lowest BCUT2D eigenvalue weighted by atomic mass is 9.90. The fourth-order valence-corrected chi connectivity index (χ4v) is 3.93. The second-order valence-corrected chi connectivity index (χ2v) is 7.64. The molecular weight excluding hydrogens is 389 g/mol. The average Bonchev–Trinajstić information content (AvgIpc) is 3.11. The third kappa shape index (κ3) is 4.57. The number of fused-ring (bicyclic) bond motifs is 1. The van der Waals surface area contributed by atoms with Crippen molar-refractivity contribution in [1.82, 2.24) is 4.90 Å². The van der Waals surface area contributed by atoms with Gasteiger partial charge in [0.05, 0.1) is 11.4 Å². The summed E-state index contributed by atoms with van der Waals surface area (Å²) in [6, 6.07) is 22.2. The number of hydrogen-bond donors (Lipinski definition) is 1. The van der Waals surface area contributed by atoms with Crippen LogP contribution in [0.1, 0.15) is 36.5 Å². The van der Waals surface area contributed by atoms with Crippen molar-refractivity contribution in [3.05, 3.63) is 95.3 Å². The van der Waals surface area contributed by atoms with Crippen molar-refractivity contribution in [2.75, 3.05) is 18.4 Å². The molecule has 0 fully saturated rings. The highest BCUT2D eigenvalue weighted by atomic mass is 19.1. The van der Waals surface area contributed by atoms with Gasteiger partial charge in [-0.25, -0.2) is 4.39 Å². The molecular formula is C26H26FN3O. The average molecular weight is 416 g/mol. The van der Waals surface area contributed by atoms with Gasteiger partial charge in [0.25, 0.3) is 0 Å². The van der Waals surface area contributed by atoms with Crippen LogP contribution in [0.2, 0.25) is 0 Å². The van der Waals surface area contributed by atoms with E-state index >= 15 is 0 Å². The van der Waals surface area contributed by atoms with Crippen LogP contribution in [-0.4, -0.2) is 29.6 Å². The van der Waals surface area contributed by atoms with Crippen molar-refractivity contribution in [3.63, 3.8) is 0 Å². The van der Waals surface area contributed by atoms with E-state index < -0.39 is 5.92 Å². The summed E-state index contributed by atoms with van der Waals surface area (Å²) in [5.74, 6) is -1.16. The molecule has 0 bridgehead atoms. The van der Waals surface area contributed by atoms with E-state index in [1.807, 2.05) is 42.5 Å². The summed E-state index contributed by atoms with van der Waals surface area (Å²) >= 11 is 0. The van der Waals surface area contributed by atoms with E-state index in [2.05, 4.69) is 36.2 Å². The number of amides is 1. The number of aliphatic imine (C=N–C) groups is 1. The highest BCUT2D eigenvalue weighted by Crippen LogP contribution is 2.36. The van der Waals surface area contributed by atoms with Crippen LogP contribution in [0, 0.1) is 5.82 Å². The van der Waals surface area contributed by atoms with Crippen molar-refractivity contribution in [1.29, 1.82) is 0 Å². The van der Waals surface area contributed by atoms with E-state index in [0.717, 1.165) is 36.4 Å². The summed E-state index contributed by atoms with van der Waals surface area (Å²) in [7, 11) is 0. The maximum Gasteiger partial charge on any atom is 0.238 e. The zero-order valence-corrected chi connectivity index (χ0v) is 17.8. The van der Waals surface area contributed by atoms with E-state index in [4.69, 9.17) is 4.99 Å². The van der Waals surface area contributed by atoms with Gasteiger partial charge in [0.15, 0.2) is 0 Å². The molecule has 0 saturated heterocycles. The van der Waals surface area contributed by atoms with Crippen LogP contribution in [0.4, 0.5) is 15.8 Å². The molecule has 3 aromatic carbocycles. The van der Waals surface area contributed by atoms with E-state index in [9.17, 15) is 9.18 Å². The Morgan fingerprint density at radius 1 is 1.00 bits per heavy atom. The molecule has 0 aromatic heterocycles. The zero-order valence-electron chi connectivity index (χ0n) is 17.8. The monoisotopic (exact) mass is 415 g/mol. The second-order valence-electron chi connectivity index (χ2n) is 7.64. The van der Waals surface area contributed by atoms with Gasteiger partial charge in [-0.3, -0.25) is 14.7 Å². The van der Waals surface area contributed by atoms with E-state index in [-0.39, 0.29) is 11.7 Å². The molecule has 1 amide bonds. The number of carbonyl (C=O) groups excluding carboxylic acids is 1. The van der Waals surface area contributed by atoms with Gasteiger partial charge in [0.2, 0.25) is 5.91 Å². The highest BCUT2D eigenvalue weighted by Gasteiger charge is 2.35. The Balaban J connectivity index is 1.72. The van der Waals surface area contributed by atoms with E-state index in [0.29, 0.717) is 11.4 Å². The minimum Gasteiger partial charge on any atom is -0.325 e. The van der Waals surface area contributed by atoms with Crippen LogP contribution in [0.15, 0.2) is 77.8 Å². The number of benzene rings is 3. The first-order chi connectivity index (χ1) is 15.1. The van der Waals surface area contributed by atoms with Crippen molar-refractivity contribution >= 4 is 23.0 Å². The van der Waals surface area contributed by atoms with Gasteiger partial charge in [0.1, 0.15) is 11.7 Å². The molecule has 0 aliphatic carbocycles. The van der Waals surface area contributed by atoms with Gasteiger partial charge >= 0.3 is 0 Å². The normalized spacial score (nSPS) is 15.8. The molecule has 1 atom stereocenters. The number of nitrogens with one attached hydrogen (secondary N) is 1. The van der Waals surface area contributed by atoms with Crippen molar-refractivity contribution in [3.8, 4) is 0 Å². The fraction of sp³-hybridized carbons (Fsp3) is 0.231. The van der Waals surface area contributed by atoms with Crippen LogP contribution < -0.4 is 5.32 Å². The van der Waals surface area contributed by atoms with Gasteiger partial charge in [-0.1, -0.05) is 62.4 Å². The van der Waals surface area contributed by atoms with Crippen molar-refractivity contribution in [2.45, 2.75) is 26.3 Å². The topological polar surface area (TPSA) is 44.7 Å². The molecule has 0 spiro atoms. The van der Waals surface area contributed by atoms with Crippen LogP contribution in [-0.2, 0) is 11.3 Å². The Morgan fingerprint density at radius 3 is 2.39 bits per heavy atom. The molecule has 3 aromatic rings. The molecule has 1 N–H and O–H groups in total. The van der Waals surface area contributed by atoms with Gasteiger partial charge in [0, 0.05) is 12.2 Å². The highest BCUT2D eigenvalue weighted by molar-refractivity contribution is 6.24. The molecule has 1 aliphatic heterocycles. The molecule has 1 unspecified atom stereocenters. The maximum absolute atomic E-state index is 13.7. The predicted molar refractivity (Wildman–Crippen MR) is 123 cm³/mol. The second kappa shape index (κ2) is 9.23. The molecule has 158 valence electrons. The van der Waals surface area contributed by atoms with Gasteiger partial charge in [-0.15, -0.1) is 0 Å². The summed E-state index contributed by atoms with van der Waals surface area (Å²) in [5.41, 5.74) is 4.78. The smallest absolute Gasteiger partial charge is 0.238 e. The number of halogens is 1. The number of hydrogen-bond acceptors (Lipinski definition) is 3. The summed E-state index contributed by atoms with van der Waals surface area (Å²) in [5, 5.41) is 2.80. The van der Waals surface area contributed by atoms with Crippen LogP contribution in [0.25, 0.3) is 0 Å². The standard InChI is InChI=1S/C26H26FN3O/c1-3-30(4-2)17-18-10-13-21(14-11-18)28-25(19-8-6-5-7-9-19)24-22-15-12-20(27)16-23(22)29-26(24)31/h5-16,24H,3-4,17H2,1-2H3,(H,29,31). The van der Waals surface area contributed by atoms with Crippen LogP contribution >= 0.6 is 0 Å². The lowest BCUT2D eigenvalue weighted by Crippen LogP contribution is -2.22. The third-order valence-corrected chi connectivity index (χ3v) is 5.68. The Morgan fingerprint density at radius 2 is 1.71 bits per heavy atom. The molecule has 0 radical (unpaired) electrons. The number of rotatable bonds is 7. The Bertz CT molecular complexity index is 1090. The lowest BCUT2D eigenvalue weighted by Gasteiger charge is -2.18. The predicted octanol–water partition coefficient (Wildman–Crippen LogP) is 5.52. The van der Waals surface area contributed by atoms with Crippen molar-refractivity contribution < 1.29 is 9.18 Å². The summed E-state index contributed by atoms with van der Waals surface area (Å²) < 4.78 is 13.7. The summed E-state index contributed by atoms with van der Waals surface area (Å²) in [6.07, 6.45) is 0. The largest absolute Gasteiger partial charge is 0.325 e. The minimum atomic E-state index is -0.589. The molecule has 1 aliphatic rings. The lowest BCUT2D eigenvalue weighted by molar-refractivity contribution is -0.115. The third-order valence-electron chi connectivity index (χ3n) is 5.68. The number of carbonyl (C=O) groups is 1. The molecule has 4 nitrogen and oxygen atoms in total. The molecule has 5 heteroatoms. The van der Waals surface area contributed by atoms with Gasteiger partial charge in [-0.2, -0.15) is 0 Å². The molecule has 31 heavy (non-hydrogen) atoms. The minimum absolute atomic E-state index is 0.193. The molecule has 1 heterocycles. The van der Waals surface area contributed by atoms with Gasteiger partial charge in [-0.05, 0) is 54.0 Å². The summed E-state index contributed by atoms with van der Waals surface area (Å²) in [4.78, 5) is 20.1. The van der Waals surface area contributed by atoms with E-state index in [1.165, 1.54) is 17.7 Å². The van der Waals surface area contributed by atoms with E-state index in [1.54, 1.807) is 6.07 Å². The first-order valence-corrected chi connectivity index (χ1v) is 10.6. The Hall–Kier alpha value is -3.31. The van der Waals surface area contributed by atoms with Crippen molar-refractivity contribution in [2.24, 2.45) is 4.99 Å². The fourth-order valence-electron chi connectivity index (χ4n) is 3.93. The zero-order chi connectivity index (χ0) is 21.8. The number of nitrogens with zero attached hydrogens (tertiary/aromatic N) is 2. The maximum atomic E-state index is 13.7. The summed E-state index contributed by atoms with van der Waals surface area (Å²) in [6.45, 7) is 7.22. The quantitative estimate of drug-likeness (QED) is 0.516. The first-order valence-electron chi connectivity index (χ1n) is 10.6. The molecule has 0 saturated carbocycles. The SMILES string of the molecule is CCN(CC)Cc1ccc(N=C(c2ccccc2)C2C(=O)Nc3cc(F)ccc32)cc1. The number of anilines is 1. The first kappa shape index (κ1) is 20.9. The van der Waals surface area contributed by atoms with Gasteiger partial charge < -0.3 is 5.32 Å². The molecule has 4 rings (SSSR count). The Kier molecular flexibility index (Phi) is 6.23. The van der Waals surface area contributed by atoms with Crippen LogP contribution in [0.5, 0.6) is 0 Å². The Labute approximate surface area is 182 Å². The van der Waals surface area contributed by atoms with Crippen LogP contribution in [0.3, 0.4) is 0 Å².